The lowest BCUT2D eigenvalue weighted by atomic mass is 10.1. The fraction of sp³-hybridized carbons (Fsp3) is 0.261. The predicted molar refractivity (Wildman–Crippen MR) is 132 cm³/mol. The maximum atomic E-state index is 13.3. The molecule has 4 heterocycles. The molecule has 0 amide bonds. The highest BCUT2D eigenvalue weighted by atomic mass is 32.2. The van der Waals surface area contributed by atoms with Crippen LogP contribution in [0.2, 0.25) is 0 Å². The summed E-state index contributed by atoms with van der Waals surface area (Å²) in [5.41, 5.74) is 4.93. The van der Waals surface area contributed by atoms with Crippen LogP contribution in [0, 0.1) is 5.82 Å². The van der Waals surface area contributed by atoms with Gasteiger partial charge in [-0.25, -0.2) is 18.7 Å². The predicted octanol–water partition coefficient (Wildman–Crippen LogP) is 4.62. The SMILES string of the molecule is CSN1CC=C(c2ccc3nc(CO)c(N(C)c4nc(-c5ccc(F)cc5)cs4)n3n2)CC1. The second-order valence-electron chi connectivity index (χ2n) is 7.66. The fourth-order valence-corrected chi connectivity index (χ4v) is 5.19. The van der Waals surface area contributed by atoms with Crippen molar-refractivity contribution >= 4 is 45.5 Å². The van der Waals surface area contributed by atoms with E-state index in [0.717, 1.165) is 41.6 Å². The molecule has 3 aromatic heterocycles. The average Bonchev–Trinajstić information content (AvgIpc) is 3.49. The molecular weight excluding hydrogens is 459 g/mol. The molecule has 33 heavy (non-hydrogen) atoms. The first-order valence-corrected chi connectivity index (χ1v) is 12.6. The molecule has 4 aromatic rings. The molecule has 0 radical (unpaired) electrons. The van der Waals surface area contributed by atoms with Crippen molar-refractivity contribution in [3.8, 4) is 11.3 Å². The Hall–Kier alpha value is -2.79. The molecule has 170 valence electrons. The first kappa shape index (κ1) is 22.0. The van der Waals surface area contributed by atoms with Gasteiger partial charge in [0.2, 0.25) is 0 Å². The van der Waals surface area contributed by atoms with Gasteiger partial charge in [0.25, 0.3) is 0 Å². The topological polar surface area (TPSA) is 69.8 Å². The molecule has 0 spiro atoms. The Morgan fingerprint density at radius 1 is 1.15 bits per heavy atom. The number of halogens is 1. The van der Waals surface area contributed by atoms with E-state index in [-0.39, 0.29) is 12.4 Å². The zero-order chi connectivity index (χ0) is 22.9. The van der Waals surface area contributed by atoms with Crippen LogP contribution in [-0.2, 0) is 6.61 Å². The monoisotopic (exact) mass is 482 g/mol. The zero-order valence-electron chi connectivity index (χ0n) is 18.3. The van der Waals surface area contributed by atoms with Crippen molar-refractivity contribution in [3.63, 3.8) is 0 Å². The summed E-state index contributed by atoms with van der Waals surface area (Å²) in [5, 5.41) is 17.5. The number of hydrogen-bond acceptors (Lipinski definition) is 8. The minimum absolute atomic E-state index is 0.208. The highest BCUT2D eigenvalue weighted by molar-refractivity contribution is 7.96. The van der Waals surface area contributed by atoms with Gasteiger partial charge in [0.05, 0.1) is 18.0 Å². The molecular formula is C23H23FN6OS2. The van der Waals surface area contributed by atoms with Gasteiger partial charge in [-0.05, 0) is 54.6 Å². The van der Waals surface area contributed by atoms with E-state index in [1.165, 1.54) is 29.0 Å². The first-order valence-electron chi connectivity index (χ1n) is 10.5. The molecule has 1 aliphatic heterocycles. The molecule has 10 heteroatoms. The van der Waals surface area contributed by atoms with Crippen molar-refractivity contribution < 1.29 is 9.50 Å². The number of hydrogen-bond donors (Lipinski definition) is 1. The number of rotatable bonds is 6. The smallest absolute Gasteiger partial charge is 0.191 e. The number of aliphatic hydroxyl groups excluding tert-OH is 1. The van der Waals surface area contributed by atoms with Gasteiger partial charge in [0, 0.05) is 31.1 Å². The summed E-state index contributed by atoms with van der Waals surface area (Å²) < 4.78 is 17.4. The Kier molecular flexibility index (Phi) is 6.15. The largest absolute Gasteiger partial charge is 0.390 e. The normalized spacial score (nSPS) is 14.6. The summed E-state index contributed by atoms with van der Waals surface area (Å²) in [5.74, 6) is 0.400. The van der Waals surface area contributed by atoms with Crippen molar-refractivity contribution in [1.29, 1.82) is 0 Å². The Bertz CT molecular complexity index is 1320. The average molecular weight is 483 g/mol. The van der Waals surface area contributed by atoms with Crippen LogP contribution in [-0.4, -0.2) is 55.4 Å². The van der Waals surface area contributed by atoms with Gasteiger partial charge < -0.3 is 10.0 Å². The van der Waals surface area contributed by atoms with Crippen LogP contribution in [0.25, 0.3) is 22.5 Å². The number of nitrogens with zero attached hydrogens (tertiary/aromatic N) is 6. The van der Waals surface area contributed by atoms with Crippen molar-refractivity contribution in [3.05, 3.63) is 65.1 Å². The molecule has 0 atom stereocenters. The summed E-state index contributed by atoms with van der Waals surface area (Å²) in [6, 6.07) is 10.2. The summed E-state index contributed by atoms with van der Waals surface area (Å²) in [6.45, 7) is 1.66. The summed E-state index contributed by atoms with van der Waals surface area (Å²) in [6.07, 6.45) is 5.24. The third kappa shape index (κ3) is 4.26. The molecule has 0 fully saturated rings. The molecule has 0 unspecified atom stereocenters. The Labute approximate surface area is 199 Å². The van der Waals surface area contributed by atoms with Crippen molar-refractivity contribution in [1.82, 2.24) is 23.9 Å². The maximum absolute atomic E-state index is 13.3. The fourth-order valence-electron chi connectivity index (χ4n) is 3.89. The molecule has 1 aliphatic rings. The molecule has 5 rings (SSSR count). The van der Waals surface area contributed by atoms with Gasteiger partial charge in [-0.2, -0.15) is 9.61 Å². The van der Waals surface area contributed by atoms with E-state index in [1.54, 1.807) is 28.6 Å². The van der Waals surface area contributed by atoms with Crippen LogP contribution in [0.4, 0.5) is 15.3 Å². The highest BCUT2D eigenvalue weighted by Gasteiger charge is 2.22. The van der Waals surface area contributed by atoms with Gasteiger partial charge in [-0.3, -0.25) is 0 Å². The van der Waals surface area contributed by atoms with E-state index < -0.39 is 0 Å². The Morgan fingerprint density at radius 2 is 1.97 bits per heavy atom. The highest BCUT2D eigenvalue weighted by Crippen LogP contribution is 2.33. The van der Waals surface area contributed by atoms with Gasteiger partial charge in [-0.1, -0.05) is 18.0 Å². The number of imidazole rings is 1. The number of benzene rings is 1. The minimum atomic E-state index is -0.277. The van der Waals surface area contributed by atoms with E-state index in [1.807, 2.05) is 29.5 Å². The van der Waals surface area contributed by atoms with E-state index in [2.05, 4.69) is 21.6 Å². The summed E-state index contributed by atoms with van der Waals surface area (Å²) in [4.78, 5) is 11.2. The molecule has 0 aliphatic carbocycles. The van der Waals surface area contributed by atoms with Crippen LogP contribution >= 0.6 is 23.3 Å². The third-order valence-corrected chi connectivity index (χ3v) is 7.43. The Morgan fingerprint density at radius 3 is 2.67 bits per heavy atom. The Balaban J connectivity index is 1.51. The lowest BCUT2D eigenvalue weighted by Gasteiger charge is -2.23. The van der Waals surface area contributed by atoms with Crippen LogP contribution < -0.4 is 4.90 Å². The van der Waals surface area contributed by atoms with Crippen molar-refractivity contribution in [2.45, 2.75) is 13.0 Å². The van der Waals surface area contributed by atoms with Crippen LogP contribution in [0.3, 0.4) is 0 Å². The third-order valence-electron chi connectivity index (χ3n) is 5.67. The quantitative estimate of drug-likeness (QED) is 0.402. The van der Waals surface area contributed by atoms with Gasteiger partial charge in [-0.15, -0.1) is 11.3 Å². The van der Waals surface area contributed by atoms with Gasteiger partial charge in [0.1, 0.15) is 11.5 Å². The molecule has 0 saturated carbocycles. The molecule has 0 saturated heterocycles. The van der Waals surface area contributed by atoms with Crippen LogP contribution in [0.15, 0.2) is 47.9 Å². The van der Waals surface area contributed by atoms with Crippen LogP contribution in [0.1, 0.15) is 17.8 Å². The van der Waals surface area contributed by atoms with Crippen LogP contribution in [0.5, 0.6) is 0 Å². The maximum Gasteiger partial charge on any atom is 0.191 e. The van der Waals surface area contributed by atoms with E-state index >= 15 is 0 Å². The standard InChI is InChI=1S/C23H23FN6OS2/c1-28(23-26-20(14-33-23)15-3-5-17(24)6-4-15)22-19(13-31)25-21-8-7-18(27-30(21)22)16-9-11-29(32-2)12-10-16/h3-9,14,31H,10-13H2,1-2H3. The molecule has 0 bridgehead atoms. The lowest BCUT2D eigenvalue weighted by Crippen LogP contribution is -2.21. The number of thiazole rings is 1. The molecule has 7 nitrogen and oxygen atoms in total. The van der Waals surface area contributed by atoms with E-state index in [0.29, 0.717) is 17.2 Å². The second-order valence-corrected chi connectivity index (χ2v) is 9.38. The molecule has 1 aromatic carbocycles. The second kappa shape index (κ2) is 9.22. The number of anilines is 2. The number of aromatic nitrogens is 4. The van der Waals surface area contributed by atoms with E-state index in [4.69, 9.17) is 10.1 Å². The minimum Gasteiger partial charge on any atom is -0.390 e. The lowest BCUT2D eigenvalue weighted by molar-refractivity contribution is 0.278. The number of fused-ring (bicyclic) bond motifs is 1. The van der Waals surface area contributed by atoms with Crippen molar-refractivity contribution in [2.75, 3.05) is 31.3 Å². The van der Waals surface area contributed by atoms with Gasteiger partial charge >= 0.3 is 0 Å². The number of aliphatic hydroxyl groups is 1. The summed E-state index contributed by atoms with van der Waals surface area (Å²) in [7, 11) is 1.89. The van der Waals surface area contributed by atoms with Gasteiger partial charge in [0.15, 0.2) is 16.6 Å². The first-order chi connectivity index (χ1) is 16.1. The zero-order valence-corrected chi connectivity index (χ0v) is 19.9. The summed E-state index contributed by atoms with van der Waals surface area (Å²) >= 11 is 3.22. The molecule has 1 N–H and O–H groups in total. The van der Waals surface area contributed by atoms with Crippen molar-refractivity contribution in [2.24, 2.45) is 0 Å². The van der Waals surface area contributed by atoms with E-state index in [9.17, 15) is 9.50 Å².